The van der Waals surface area contributed by atoms with Crippen LogP contribution in [0.4, 0.5) is 10.1 Å². The highest BCUT2D eigenvalue weighted by molar-refractivity contribution is 8.00. The van der Waals surface area contributed by atoms with E-state index < -0.39 is 5.82 Å². The molecule has 3 aromatic carbocycles. The first kappa shape index (κ1) is 26.1. The van der Waals surface area contributed by atoms with E-state index in [-0.39, 0.29) is 11.0 Å². The number of esters is 1. The highest BCUT2D eigenvalue weighted by Crippen LogP contribution is 2.42. The third-order valence-corrected chi connectivity index (χ3v) is 7.72. The summed E-state index contributed by atoms with van der Waals surface area (Å²) in [5.74, 6) is -0.137. The van der Waals surface area contributed by atoms with Crippen molar-refractivity contribution in [1.82, 2.24) is 4.98 Å². The lowest BCUT2D eigenvalue weighted by molar-refractivity contribution is 0.0600. The number of aryl methyl sites for hydroxylation is 2. The van der Waals surface area contributed by atoms with Crippen LogP contribution in [-0.4, -0.2) is 18.1 Å². The second-order valence-electron chi connectivity index (χ2n) is 8.92. The van der Waals surface area contributed by atoms with E-state index >= 15 is 0 Å². The van der Waals surface area contributed by atoms with Crippen LogP contribution in [0.5, 0.6) is 5.75 Å². The fraction of sp³-hybridized carbons (Fsp3) is 0.200. The predicted molar refractivity (Wildman–Crippen MR) is 148 cm³/mol. The molecule has 5 nitrogen and oxygen atoms in total. The van der Waals surface area contributed by atoms with E-state index in [2.05, 4.69) is 17.1 Å². The van der Waals surface area contributed by atoms with Gasteiger partial charge in [0.2, 0.25) is 0 Å². The van der Waals surface area contributed by atoms with E-state index in [0.717, 1.165) is 36.2 Å². The summed E-state index contributed by atoms with van der Waals surface area (Å²) in [4.78, 5) is 16.7. The maximum atomic E-state index is 15.0. The molecule has 5 rings (SSSR count). The van der Waals surface area contributed by atoms with Crippen molar-refractivity contribution in [3.8, 4) is 5.75 Å². The molecule has 4 aromatic rings. The Morgan fingerprint density at radius 1 is 1.05 bits per heavy atom. The summed E-state index contributed by atoms with van der Waals surface area (Å²) < 4.78 is 28.1. The molecule has 38 heavy (non-hydrogen) atoms. The van der Waals surface area contributed by atoms with E-state index in [0.29, 0.717) is 29.4 Å². The van der Waals surface area contributed by atoms with Crippen molar-refractivity contribution >= 4 is 35.2 Å². The zero-order valence-corrected chi connectivity index (χ0v) is 22.4. The van der Waals surface area contributed by atoms with Crippen LogP contribution >= 0.6 is 23.5 Å². The fourth-order valence-corrected chi connectivity index (χ4v) is 5.63. The number of halogens is 2. The van der Waals surface area contributed by atoms with Crippen LogP contribution in [0.3, 0.4) is 0 Å². The quantitative estimate of drug-likeness (QED) is 0.160. The van der Waals surface area contributed by atoms with E-state index in [4.69, 9.17) is 21.1 Å². The molecule has 0 spiro atoms. The van der Waals surface area contributed by atoms with Gasteiger partial charge < -0.3 is 13.8 Å². The topological polar surface area (TPSA) is 51.7 Å². The number of ether oxygens (including phenoxy) is 2. The number of anilines is 1. The molecule has 0 atom stereocenters. The Morgan fingerprint density at radius 3 is 2.58 bits per heavy atom. The van der Waals surface area contributed by atoms with Gasteiger partial charge in [0.25, 0.3) is 0 Å². The Bertz CT molecular complexity index is 1430. The molecule has 1 aliphatic rings. The number of aromatic nitrogens is 1. The van der Waals surface area contributed by atoms with E-state index in [9.17, 15) is 9.18 Å². The van der Waals surface area contributed by atoms with Crippen molar-refractivity contribution in [2.24, 2.45) is 0 Å². The standard InChI is InChI=1S/C30H26ClFN2O3S/c1-36-30(35)21-13-11-20(12-14-21)19-37-27-17-23-7-4-6-22(23)16-26(27)34(18-24-8-2-3-15-33-24)38-28-10-5-9-25(31)29(28)32/h2-3,5,8-17H,4,6-7,18-19H2,1H3. The summed E-state index contributed by atoms with van der Waals surface area (Å²) in [5.41, 5.74) is 5.61. The molecule has 0 saturated carbocycles. The Kier molecular flexibility index (Phi) is 8.15. The molecular weight excluding hydrogens is 523 g/mol. The van der Waals surface area contributed by atoms with Gasteiger partial charge in [0, 0.05) is 6.20 Å². The summed E-state index contributed by atoms with van der Waals surface area (Å²) in [7, 11) is 1.36. The smallest absolute Gasteiger partial charge is 0.337 e. The minimum absolute atomic E-state index is 0.0774. The predicted octanol–water partition coefficient (Wildman–Crippen LogP) is 7.44. The molecule has 0 aliphatic heterocycles. The summed E-state index contributed by atoms with van der Waals surface area (Å²) in [6.07, 6.45) is 4.82. The number of methoxy groups -OCH3 is 1. The van der Waals surface area contributed by atoms with E-state index in [1.54, 1.807) is 36.5 Å². The zero-order chi connectivity index (χ0) is 26.5. The van der Waals surface area contributed by atoms with Gasteiger partial charge in [-0.25, -0.2) is 9.18 Å². The van der Waals surface area contributed by atoms with Crippen LogP contribution in [-0.2, 0) is 30.7 Å². The van der Waals surface area contributed by atoms with Crippen molar-refractivity contribution in [2.75, 3.05) is 11.4 Å². The van der Waals surface area contributed by atoms with Crippen molar-refractivity contribution < 1.29 is 18.7 Å². The second-order valence-corrected chi connectivity index (χ2v) is 10.4. The summed E-state index contributed by atoms with van der Waals surface area (Å²) >= 11 is 7.37. The number of nitrogens with zero attached hydrogens (tertiary/aromatic N) is 2. The third kappa shape index (κ3) is 5.95. The van der Waals surface area contributed by atoms with Gasteiger partial charge in [-0.2, -0.15) is 0 Å². The van der Waals surface area contributed by atoms with Crippen LogP contribution in [0.2, 0.25) is 5.02 Å². The Hall–Kier alpha value is -3.55. The molecule has 0 amide bonds. The Balaban J connectivity index is 1.49. The van der Waals surface area contributed by atoms with Gasteiger partial charge in [0.1, 0.15) is 12.4 Å². The van der Waals surface area contributed by atoms with Crippen LogP contribution in [0, 0.1) is 5.82 Å². The van der Waals surface area contributed by atoms with Crippen LogP contribution in [0.1, 0.15) is 39.2 Å². The lowest BCUT2D eigenvalue weighted by Crippen LogP contribution is -2.17. The van der Waals surface area contributed by atoms with Gasteiger partial charge >= 0.3 is 5.97 Å². The monoisotopic (exact) mass is 548 g/mol. The molecule has 0 unspecified atom stereocenters. The molecule has 1 aliphatic carbocycles. The number of hydrogen-bond donors (Lipinski definition) is 0. The van der Waals surface area contributed by atoms with Gasteiger partial charge in [-0.1, -0.05) is 35.9 Å². The summed E-state index contributed by atoms with van der Waals surface area (Å²) in [5, 5.41) is 0.0774. The Labute approximate surface area is 230 Å². The van der Waals surface area contributed by atoms with Gasteiger partial charge in [0.05, 0.1) is 40.5 Å². The highest BCUT2D eigenvalue weighted by Gasteiger charge is 2.22. The molecule has 0 saturated heterocycles. The van der Waals surface area contributed by atoms with Crippen molar-refractivity contribution in [2.45, 2.75) is 37.3 Å². The SMILES string of the molecule is COC(=O)c1ccc(COc2cc3c(cc2N(Cc2ccccn2)Sc2cccc(Cl)c2F)CCC3)cc1. The average molecular weight is 549 g/mol. The number of rotatable bonds is 9. The number of pyridine rings is 1. The fourth-order valence-electron chi connectivity index (χ4n) is 4.39. The lowest BCUT2D eigenvalue weighted by Gasteiger charge is -2.26. The maximum absolute atomic E-state index is 15.0. The number of carbonyl (C=O) groups excluding carboxylic acids is 1. The highest BCUT2D eigenvalue weighted by atomic mass is 35.5. The van der Waals surface area contributed by atoms with Crippen LogP contribution < -0.4 is 9.04 Å². The van der Waals surface area contributed by atoms with Gasteiger partial charge in [-0.3, -0.25) is 4.98 Å². The number of carbonyl (C=O) groups is 1. The molecular formula is C30H26ClFN2O3S. The van der Waals surface area contributed by atoms with E-state index in [1.165, 1.54) is 30.2 Å². The van der Waals surface area contributed by atoms with Gasteiger partial charge in [-0.05, 0) is 96.4 Å². The average Bonchev–Trinajstić information content (AvgIpc) is 3.41. The van der Waals surface area contributed by atoms with Gasteiger partial charge in [0.15, 0.2) is 5.82 Å². The van der Waals surface area contributed by atoms with Crippen molar-refractivity contribution in [3.05, 3.63) is 118 Å². The molecule has 1 heterocycles. The first-order valence-electron chi connectivity index (χ1n) is 12.3. The molecule has 194 valence electrons. The number of hydrogen-bond acceptors (Lipinski definition) is 6. The minimum atomic E-state index is -0.459. The number of benzene rings is 3. The van der Waals surface area contributed by atoms with E-state index in [1.807, 2.05) is 34.6 Å². The minimum Gasteiger partial charge on any atom is -0.487 e. The van der Waals surface area contributed by atoms with Crippen molar-refractivity contribution in [3.63, 3.8) is 0 Å². The zero-order valence-electron chi connectivity index (χ0n) is 20.8. The molecule has 8 heteroatoms. The number of fused-ring (bicyclic) bond motifs is 1. The summed E-state index contributed by atoms with van der Waals surface area (Å²) in [6, 6.07) is 22.1. The van der Waals surface area contributed by atoms with Gasteiger partial charge in [-0.15, -0.1) is 0 Å². The maximum Gasteiger partial charge on any atom is 0.337 e. The largest absolute Gasteiger partial charge is 0.487 e. The molecule has 0 N–H and O–H groups in total. The molecule has 0 radical (unpaired) electrons. The van der Waals surface area contributed by atoms with Crippen molar-refractivity contribution in [1.29, 1.82) is 0 Å². The lowest BCUT2D eigenvalue weighted by atomic mass is 10.1. The molecule has 0 fully saturated rings. The second kappa shape index (κ2) is 11.9. The Morgan fingerprint density at radius 2 is 1.84 bits per heavy atom. The van der Waals surface area contributed by atoms with Crippen LogP contribution in [0.25, 0.3) is 0 Å². The molecule has 0 bridgehead atoms. The first-order chi connectivity index (χ1) is 18.5. The molecule has 1 aromatic heterocycles. The third-order valence-electron chi connectivity index (χ3n) is 6.37. The van der Waals surface area contributed by atoms with Crippen LogP contribution in [0.15, 0.2) is 83.9 Å². The normalized spacial score (nSPS) is 12.2. The summed E-state index contributed by atoms with van der Waals surface area (Å²) in [6.45, 7) is 0.737. The first-order valence-corrected chi connectivity index (χ1v) is 13.4.